The summed E-state index contributed by atoms with van der Waals surface area (Å²) in [7, 11) is 2.01. The fourth-order valence-corrected chi connectivity index (χ4v) is 3.83. The Morgan fingerprint density at radius 2 is 2.29 bits per heavy atom. The Morgan fingerprint density at radius 1 is 1.42 bits per heavy atom. The van der Waals surface area contributed by atoms with Crippen LogP contribution < -0.4 is 4.74 Å². The van der Waals surface area contributed by atoms with Gasteiger partial charge in [-0.05, 0) is 25.1 Å². The second-order valence-electron chi connectivity index (χ2n) is 7.00. The maximum absolute atomic E-state index is 6.11. The van der Waals surface area contributed by atoms with Crippen LogP contribution in [0.1, 0.15) is 24.2 Å². The van der Waals surface area contributed by atoms with E-state index in [1.807, 2.05) is 30.8 Å². The van der Waals surface area contributed by atoms with Crippen molar-refractivity contribution in [1.29, 1.82) is 0 Å². The number of nitrogens with zero attached hydrogens (tertiary/aromatic N) is 4. The Kier molecular flexibility index (Phi) is 4.02. The van der Waals surface area contributed by atoms with E-state index in [1.54, 1.807) is 12.4 Å². The van der Waals surface area contributed by atoms with Gasteiger partial charge < -0.3 is 9.47 Å². The molecule has 2 aromatic rings. The summed E-state index contributed by atoms with van der Waals surface area (Å²) in [5.41, 5.74) is 2.28. The second-order valence-corrected chi connectivity index (χ2v) is 7.00. The van der Waals surface area contributed by atoms with Crippen molar-refractivity contribution in [3.8, 4) is 5.75 Å². The highest BCUT2D eigenvalue weighted by Gasteiger charge is 2.48. The van der Waals surface area contributed by atoms with Gasteiger partial charge in [-0.3, -0.25) is 14.6 Å². The fourth-order valence-electron chi connectivity index (χ4n) is 3.83. The summed E-state index contributed by atoms with van der Waals surface area (Å²) < 4.78 is 14.2. The zero-order chi connectivity index (χ0) is 16.6. The smallest absolute Gasteiger partial charge is 0.138 e. The van der Waals surface area contributed by atoms with Crippen LogP contribution in [-0.2, 0) is 18.3 Å². The molecule has 2 aliphatic rings. The molecule has 128 valence electrons. The summed E-state index contributed by atoms with van der Waals surface area (Å²) in [5.74, 6) is 0.848. The van der Waals surface area contributed by atoms with Crippen LogP contribution >= 0.6 is 0 Å². The number of aryl methyl sites for hydroxylation is 2. The Hall–Kier alpha value is -1.92. The second kappa shape index (κ2) is 6.18. The van der Waals surface area contributed by atoms with E-state index in [-0.39, 0.29) is 11.7 Å². The van der Waals surface area contributed by atoms with E-state index < -0.39 is 0 Å². The van der Waals surface area contributed by atoms with Crippen LogP contribution in [0.5, 0.6) is 5.75 Å². The standard InChI is InChI=1S/C18H24N4O2/c1-14-8-15(21(2)20-14)11-22-12-18(13-22)9-16(5-7-23-18)24-17-4-3-6-19-10-17/h3-4,6,8,10,16H,5,7,9,11-13H2,1-2H3/t16-/m1/s1. The van der Waals surface area contributed by atoms with Crippen molar-refractivity contribution in [2.75, 3.05) is 19.7 Å². The molecule has 0 bridgehead atoms. The third-order valence-electron chi connectivity index (χ3n) is 4.89. The predicted molar refractivity (Wildman–Crippen MR) is 89.8 cm³/mol. The molecule has 2 fully saturated rings. The molecular formula is C18H24N4O2. The van der Waals surface area contributed by atoms with Gasteiger partial charge in [0.25, 0.3) is 0 Å². The number of rotatable bonds is 4. The molecule has 0 unspecified atom stereocenters. The monoisotopic (exact) mass is 328 g/mol. The van der Waals surface area contributed by atoms with Crippen LogP contribution in [0.25, 0.3) is 0 Å². The first-order chi connectivity index (χ1) is 11.6. The zero-order valence-electron chi connectivity index (χ0n) is 14.3. The minimum atomic E-state index is -0.0429. The van der Waals surface area contributed by atoms with Gasteiger partial charge in [-0.15, -0.1) is 0 Å². The summed E-state index contributed by atoms with van der Waals surface area (Å²) in [6, 6.07) is 6.03. The van der Waals surface area contributed by atoms with Gasteiger partial charge in [0.2, 0.25) is 0 Å². The molecular weight excluding hydrogens is 304 g/mol. The number of likely N-dealkylation sites (tertiary alicyclic amines) is 1. The van der Waals surface area contributed by atoms with Crippen molar-refractivity contribution in [2.45, 2.75) is 38.0 Å². The number of aromatic nitrogens is 3. The van der Waals surface area contributed by atoms with Gasteiger partial charge in [0.15, 0.2) is 0 Å². The summed E-state index contributed by atoms with van der Waals surface area (Å²) >= 11 is 0. The van der Waals surface area contributed by atoms with Crippen molar-refractivity contribution in [3.05, 3.63) is 42.0 Å². The predicted octanol–water partition coefficient (Wildman–Crippen LogP) is 1.94. The summed E-state index contributed by atoms with van der Waals surface area (Å²) in [6.07, 6.45) is 5.65. The normalized spacial score (nSPS) is 23.2. The highest BCUT2D eigenvalue weighted by molar-refractivity contribution is 5.16. The average molecular weight is 328 g/mol. The van der Waals surface area contributed by atoms with Crippen molar-refractivity contribution in [1.82, 2.24) is 19.7 Å². The third-order valence-corrected chi connectivity index (χ3v) is 4.89. The molecule has 2 saturated heterocycles. The van der Waals surface area contributed by atoms with E-state index in [0.717, 1.165) is 50.5 Å². The van der Waals surface area contributed by atoms with Crippen LogP contribution in [0, 0.1) is 6.92 Å². The number of ether oxygens (including phenoxy) is 2. The first-order valence-electron chi connectivity index (χ1n) is 8.54. The minimum absolute atomic E-state index is 0.0429. The highest BCUT2D eigenvalue weighted by atomic mass is 16.5. The first kappa shape index (κ1) is 15.6. The van der Waals surface area contributed by atoms with E-state index in [2.05, 4.69) is 21.0 Å². The van der Waals surface area contributed by atoms with Gasteiger partial charge in [-0.1, -0.05) is 0 Å². The maximum Gasteiger partial charge on any atom is 0.138 e. The third kappa shape index (κ3) is 3.16. The molecule has 24 heavy (non-hydrogen) atoms. The molecule has 0 amide bonds. The van der Waals surface area contributed by atoms with Crippen LogP contribution in [0.15, 0.2) is 30.6 Å². The van der Waals surface area contributed by atoms with Crippen molar-refractivity contribution in [3.63, 3.8) is 0 Å². The lowest BCUT2D eigenvalue weighted by Crippen LogP contribution is -2.65. The Bertz CT molecular complexity index is 694. The molecule has 2 aliphatic heterocycles. The molecule has 0 aromatic carbocycles. The van der Waals surface area contributed by atoms with Gasteiger partial charge in [0.1, 0.15) is 11.9 Å². The highest BCUT2D eigenvalue weighted by Crippen LogP contribution is 2.36. The fraction of sp³-hybridized carbons (Fsp3) is 0.556. The molecule has 0 aliphatic carbocycles. The quantitative estimate of drug-likeness (QED) is 0.858. The molecule has 1 atom stereocenters. The lowest BCUT2D eigenvalue weighted by molar-refractivity contribution is -0.188. The van der Waals surface area contributed by atoms with Crippen molar-refractivity contribution >= 4 is 0 Å². The van der Waals surface area contributed by atoms with E-state index in [4.69, 9.17) is 9.47 Å². The lowest BCUT2D eigenvalue weighted by Gasteiger charge is -2.53. The van der Waals surface area contributed by atoms with E-state index >= 15 is 0 Å². The molecule has 6 heteroatoms. The zero-order valence-corrected chi connectivity index (χ0v) is 14.3. The van der Waals surface area contributed by atoms with E-state index in [1.165, 1.54) is 5.69 Å². The van der Waals surface area contributed by atoms with Crippen LogP contribution in [0.2, 0.25) is 0 Å². The van der Waals surface area contributed by atoms with E-state index in [0.29, 0.717) is 0 Å². The van der Waals surface area contributed by atoms with Crippen molar-refractivity contribution < 1.29 is 9.47 Å². The topological polar surface area (TPSA) is 52.4 Å². The van der Waals surface area contributed by atoms with Gasteiger partial charge in [0.05, 0.1) is 29.8 Å². The van der Waals surface area contributed by atoms with Gasteiger partial charge >= 0.3 is 0 Å². The molecule has 0 saturated carbocycles. The molecule has 0 radical (unpaired) electrons. The summed E-state index contributed by atoms with van der Waals surface area (Å²) in [4.78, 5) is 6.54. The van der Waals surface area contributed by atoms with Crippen molar-refractivity contribution in [2.24, 2.45) is 7.05 Å². The number of hydrogen-bond donors (Lipinski definition) is 0. The molecule has 4 rings (SSSR count). The van der Waals surface area contributed by atoms with Crippen LogP contribution in [0.4, 0.5) is 0 Å². The van der Waals surface area contributed by atoms with Gasteiger partial charge in [-0.25, -0.2) is 0 Å². The Balaban J connectivity index is 1.33. The van der Waals surface area contributed by atoms with Gasteiger partial charge in [-0.2, -0.15) is 5.10 Å². The minimum Gasteiger partial charge on any atom is -0.489 e. The Morgan fingerprint density at radius 3 is 3.00 bits per heavy atom. The first-order valence-corrected chi connectivity index (χ1v) is 8.54. The Labute approximate surface area is 142 Å². The summed E-state index contributed by atoms with van der Waals surface area (Å²) in [6.45, 7) is 5.65. The van der Waals surface area contributed by atoms with Crippen LogP contribution in [-0.4, -0.2) is 51.1 Å². The average Bonchev–Trinajstić information content (AvgIpc) is 2.85. The SMILES string of the molecule is Cc1cc(CN2CC3(C[C@H](Oc4cccnc4)CCO3)C2)n(C)n1. The largest absolute Gasteiger partial charge is 0.489 e. The number of pyridine rings is 1. The molecule has 1 spiro atoms. The summed E-state index contributed by atoms with van der Waals surface area (Å²) in [5, 5.41) is 4.42. The van der Waals surface area contributed by atoms with E-state index in [9.17, 15) is 0 Å². The molecule has 6 nitrogen and oxygen atoms in total. The molecule has 4 heterocycles. The molecule has 2 aromatic heterocycles. The number of hydrogen-bond acceptors (Lipinski definition) is 5. The van der Waals surface area contributed by atoms with Gasteiger partial charge in [0, 0.05) is 45.7 Å². The van der Waals surface area contributed by atoms with Crippen LogP contribution in [0.3, 0.4) is 0 Å². The lowest BCUT2D eigenvalue weighted by atomic mass is 9.84. The molecule has 0 N–H and O–H groups in total. The maximum atomic E-state index is 6.11.